The summed E-state index contributed by atoms with van der Waals surface area (Å²) in [5.74, 6) is 1.44. The molecule has 1 aromatic carbocycles. The summed E-state index contributed by atoms with van der Waals surface area (Å²) in [5, 5.41) is 3.40. The number of nitrogens with one attached hydrogen (secondary N) is 1. The van der Waals surface area contributed by atoms with Gasteiger partial charge in [0.2, 0.25) is 5.95 Å². The van der Waals surface area contributed by atoms with E-state index in [1.54, 1.807) is 7.11 Å². The maximum atomic E-state index is 11.7. The van der Waals surface area contributed by atoms with Gasteiger partial charge >= 0.3 is 5.97 Å². The first-order valence-corrected chi connectivity index (χ1v) is 10.1. The van der Waals surface area contributed by atoms with Crippen LogP contribution in [0.25, 0.3) is 11.0 Å². The third-order valence-electron chi connectivity index (χ3n) is 4.96. The third kappa shape index (κ3) is 5.00. The summed E-state index contributed by atoms with van der Waals surface area (Å²) in [6.07, 6.45) is 5.54. The Kier molecular flexibility index (Phi) is 7.11. The van der Waals surface area contributed by atoms with Crippen LogP contribution in [-0.2, 0) is 22.5 Å². The van der Waals surface area contributed by atoms with Crippen LogP contribution in [0.4, 0.5) is 11.8 Å². The molecule has 30 heavy (non-hydrogen) atoms. The van der Waals surface area contributed by atoms with Crippen molar-refractivity contribution in [3.05, 3.63) is 41.6 Å². The van der Waals surface area contributed by atoms with E-state index in [9.17, 15) is 4.79 Å². The van der Waals surface area contributed by atoms with Crippen LogP contribution in [0.2, 0.25) is 0 Å². The summed E-state index contributed by atoms with van der Waals surface area (Å²) in [6, 6.07) is 7.64. The lowest BCUT2D eigenvalue weighted by molar-refractivity contribution is -0.139. The Labute approximate surface area is 176 Å². The summed E-state index contributed by atoms with van der Waals surface area (Å²) in [6.45, 7) is 3.54. The molecule has 0 bridgehead atoms. The van der Waals surface area contributed by atoms with E-state index >= 15 is 0 Å². The van der Waals surface area contributed by atoms with E-state index in [0.717, 1.165) is 59.5 Å². The largest absolute Gasteiger partial charge is 0.496 e. The van der Waals surface area contributed by atoms with Crippen molar-refractivity contribution in [2.45, 2.75) is 39.2 Å². The molecular weight excluding hydrogens is 382 g/mol. The number of esters is 1. The molecule has 8 heteroatoms. The minimum Gasteiger partial charge on any atom is -0.496 e. The summed E-state index contributed by atoms with van der Waals surface area (Å²) in [4.78, 5) is 20.5. The summed E-state index contributed by atoms with van der Waals surface area (Å²) < 4.78 is 12.4. The van der Waals surface area contributed by atoms with Gasteiger partial charge in [0, 0.05) is 18.3 Å². The number of rotatable bonds is 10. The number of hydrogen-bond donors (Lipinski definition) is 2. The number of ether oxygens (including phenoxy) is 2. The van der Waals surface area contributed by atoms with Gasteiger partial charge in [-0.2, -0.15) is 4.98 Å². The summed E-state index contributed by atoms with van der Waals surface area (Å²) in [5.41, 5.74) is 9.40. The predicted octanol–water partition coefficient (Wildman–Crippen LogP) is 3.39. The quantitative estimate of drug-likeness (QED) is 0.389. The molecule has 0 aliphatic rings. The molecule has 0 aliphatic heterocycles. The Balaban J connectivity index is 1.93. The zero-order valence-corrected chi connectivity index (χ0v) is 17.8. The molecule has 8 nitrogen and oxygen atoms in total. The van der Waals surface area contributed by atoms with Crippen molar-refractivity contribution in [3.63, 3.8) is 0 Å². The van der Waals surface area contributed by atoms with Gasteiger partial charge in [-0.25, -0.2) is 4.98 Å². The zero-order chi connectivity index (χ0) is 21.5. The Bertz CT molecular complexity index is 1020. The number of nitrogens with two attached hydrogens (primary N) is 1. The summed E-state index contributed by atoms with van der Waals surface area (Å²) in [7, 11) is 3.02. The standard InChI is InChI=1S/C22H29N5O3/c1-4-5-6-10-24-21-20-17(25-22(23)26-21)9-11-27(20)14-16-12-15(13-19(28)30-3)7-8-18(16)29-2/h7-9,11-12H,4-6,10,13-14H2,1-3H3,(H3,23,24,25,26). The maximum Gasteiger partial charge on any atom is 0.309 e. The highest BCUT2D eigenvalue weighted by Crippen LogP contribution is 2.27. The normalized spacial score (nSPS) is 10.9. The number of unbranched alkanes of at least 4 members (excludes halogenated alkanes) is 2. The number of hydrogen-bond acceptors (Lipinski definition) is 7. The minimum absolute atomic E-state index is 0.212. The molecule has 3 aromatic rings. The first-order valence-electron chi connectivity index (χ1n) is 10.1. The number of fused-ring (bicyclic) bond motifs is 1. The number of nitrogen functional groups attached to an aromatic ring is 1. The molecule has 3 rings (SSSR count). The van der Waals surface area contributed by atoms with Gasteiger partial charge in [0.1, 0.15) is 11.3 Å². The van der Waals surface area contributed by atoms with E-state index in [0.29, 0.717) is 6.54 Å². The summed E-state index contributed by atoms with van der Waals surface area (Å²) >= 11 is 0. The molecule has 0 fully saturated rings. The lowest BCUT2D eigenvalue weighted by Gasteiger charge is -2.14. The molecule has 0 atom stereocenters. The molecule has 0 aliphatic carbocycles. The molecular formula is C22H29N5O3. The van der Waals surface area contributed by atoms with Crippen LogP contribution < -0.4 is 15.8 Å². The molecule has 0 saturated heterocycles. The number of anilines is 2. The first-order chi connectivity index (χ1) is 14.5. The van der Waals surface area contributed by atoms with Crippen molar-refractivity contribution in [2.75, 3.05) is 31.8 Å². The van der Waals surface area contributed by atoms with E-state index in [1.807, 2.05) is 30.5 Å². The van der Waals surface area contributed by atoms with Crippen LogP contribution in [0.1, 0.15) is 37.3 Å². The highest BCUT2D eigenvalue weighted by molar-refractivity contribution is 5.87. The fraction of sp³-hybridized carbons (Fsp3) is 0.409. The fourth-order valence-corrected chi connectivity index (χ4v) is 3.45. The topological polar surface area (TPSA) is 104 Å². The first kappa shape index (κ1) is 21.4. The Morgan fingerprint density at radius 1 is 1.20 bits per heavy atom. The van der Waals surface area contributed by atoms with Gasteiger partial charge in [-0.3, -0.25) is 4.79 Å². The van der Waals surface area contributed by atoms with Gasteiger partial charge < -0.3 is 25.1 Å². The van der Waals surface area contributed by atoms with Crippen LogP contribution in [0.3, 0.4) is 0 Å². The van der Waals surface area contributed by atoms with Gasteiger partial charge in [0.15, 0.2) is 5.82 Å². The van der Waals surface area contributed by atoms with Crippen molar-refractivity contribution in [1.29, 1.82) is 0 Å². The molecule has 0 unspecified atom stereocenters. The average Bonchev–Trinajstić information content (AvgIpc) is 3.13. The predicted molar refractivity (Wildman–Crippen MR) is 118 cm³/mol. The lowest BCUT2D eigenvalue weighted by atomic mass is 10.1. The van der Waals surface area contributed by atoms with Crippen molar-refractivity contribution in [1.82, 2.24) is 14.5 Å². The second kappa shape index (κ2) is 9.96. The van der Waals surface area contributed by atoms with Crippen molar-refractivity contribution < 1.29 is 14.3 Å². The molecule has 0 saturated carbocycles. The van der Waals surface area contributed by atoms with Gasteiger partial charge in [0.25, 0.3) is 0 Å². The highest BCUT2D eigenvalue weighted by atomic mass is 16.5. The number of aromatic nitrogens is 3. The maximum absolute atomic E-state index is 11.7. The molecule has 2 heterocycles. The second-order valence-corrected chi connectivity index (χ2v) is 7.14. The average molecular weight is 412 g/mol. The van der Waals surface area contributed by atoms with Gasteiger partial charge in [-0.15, -0.1) is 0 Å². The Morgan fingerprint density at radius 2 is 2.03 bits per heavy atom. The van der Waals surface area contributed by atoms with E-state index in [-0.39, 0.29) is 18.3 Å². The van der Waals surface area contributed by atoms with Crippen LogP contribution in [0, 0.1) is 0 Å². The SMILES string of the molecule is CCCCCNc1nc(N)nc2ccn(Cc3cc(CC(=O)OC)ccc3OC)c12. The van der Waals surface area contributed by atoms with Crippen molar-refractivity contribution in [3.8, 4) is 5.75 Å². The van der Waals surface area contributed by atoms with Crippen LogP contribution in [0.5, 0.6) is 5.75 Å². The molecule has 160 valence electrons. The van der Waals surface area contributed by atoms with E-state index < -0.39 is 0 Å². The smallest absolute Gasteiger partial charge is 0.309 e. The van der Waals surface area contributed by atoms with E-state index in [1.165, 1.54) is 7.11 Å². The van der Waals surface area contributed by atoms with Crippen LogP contribution >= 0.6 is 0 Å². The van der Waals surface area contributed by atoms with Gasteiger partial charge in [-0.05, 0) is 30.2 Å². The van der Waals surface area contributed by atoms with Crippen molar-refractivity contribution in [2.24, 2.45) is 0 Å². The molecule has 0 spiro atoms. The van der Waals surface area contributed by atoms with Gasteiger partial charge in [-0.1, -0.05) is 25.8 Å². The highest BCUT2D eigenvalue weighted by Gasteiger charge is 2.14. The van der Waals surface area contributed by atoms with Crippen LogP contribution in [0.15, 0.2) is 30.5 Å². The molecule has 3 N–H and O–H groups in total. The Morgan fingerprint density at radius 3 is 2.77 bits per heavy atom. The van der Waals surface area contributed by atoms with Crippen LogP contribution in [-0.4, -0.2) is 41.3 Å². The molecule has 0 radical (unpaired) electrons. The number of nitrogens with zero attached hydrogens (tertiary/aromatic N) is 3. The van der Waals surface area contributed by atoms with Gasteiger partial charge in [0.05, 0.1) is 32.7 Å². The molecule has 0 amide bonds. The third-order valence-corrected chi connectivity index (χ3v) is 4.96. The number of carbonyl (C=O) groups is 1. The lowest BCUT2D eigenvalue weighted by Crippen LogP contribution is -2.10. The van der Waals surface area contributed by atoms with E-state index in [2.05, 4.69) is 26.8 Å². The van der Waals surface area contributed by atoms with E-state index in [4.69, 9.17) is 15.2 Å². The number of carbonyl (C=O) groups excluding carboxylic acids is 1. The fourth-order valence-electron chi connectivity index (χ4n) is 3.45. The monoisotopic (exact) mass is 411 g/mol. The van der Waals surface area contributed by atoms with Crippen molar-refractivity contribution >= 4 is 28.8 Å². The molecule has 2 aromatic heterocycles. The second-order valence-electron chi connectivity index (χ2n) is 7.14. The minimum atomic E-state index is -0.278. The number of methoxy groups -OCH3 is 2. The Hall–Kier alpha value is -3.29. The zero-order valence-electron chi connectivity index (χ0n) is 17.8. The number of benzene rings is 1.